The average Bonchev–Trinajstić information content (AvgIpc) is 2.61. The molecule has 1 rings (SSSR count). The minimum Gasteiger partial charge on any atom is -0.0991 e. The molecule has 23 heavy (non-hydrogen) atoms. The molecule has 0 saturated heterocycles. The predicted molar refractivity (Wildman–Crippen MR) is 110 cm³/mol. The Morgan fingerprint density at radius 1 is 1.26 bits per heavy atom. The van der Waals surface area contributed by atoms with Crippen LogP contribution in [0.3, 0.4) is 0 Å². The van der Waals surface area contributed by atoms with Crippen LogP contribution in [0.4, 0.5) is 0 Å². The number of hydrogen-bond donors (Lipinski definition) is 0. The van der Waals surface area contributed by atoms with Crippen molar-refractivity contribution in [2.45, 2.75) is 74.1 Å². The van der Waals surface area contributed by atoms with Crippen LogP contribution in [0, 0.1) is 11.3 Å². The Hall–Kier alpha value is -1.30. The lowest BCUT2D eigenvalue weighted by atomic mass is 9.65. The van der Waals surface area contributed by atoms with Gasteiger partial charge in [-0.05, 0) is 37.2 Å². The molecule has 0 aromatic rings. The highest BCUT2D eigenvalue weighted by molar-refractivity contribution is 5.38. The van der Waals surface area contributed by atoms with Gasteiger partial charge in [0.25, 0.3) is 0 Å². The molecule has 0 aromatic heterocycles. The molecule has 0 aromatic carbocycles. The van der Waals surface area contributed by atoms with E-state index >= 15 is 0 Å². The van der Waals surface area contributed by atoms with E-state index in [-0.39, 0.29) is 5.41 Å². The molecule has 0 amide bonds. The molecule has 0 N–H and O–H groups in total. The van der Waals surface area contributed by atoms with Gasteiger partial charge in [0.1, 0.15) is 0 Å². The van der Waals surface area contributed by atoms with Crippen LogP contribution >= 0.6 is 0 Å². The van der Waals surface area contributed by atoms with Crippen LogP contribution in [-0.2, 0) is 0 Å². The van der Waals surface area contributed by atoms with Crippen molar-refractivity contribution in [2.24, 2.45) is 11.3 Å². The smallest absolute Gasteiger partial charge is 0.0159 e. The lowest BCUT2D eigenvalue weighted by Gasteiger charge is -2.39. The van der Waals surface area contributed by atoms with Gasteiger partial charge in [-0.2, -0.15) is 0 Å². The van der Waals surface area contributed by atoms with Crippen molar-refractivity contribution >= 4 is 0 Å². The van der Waals surface area contributed by atoms with E-state index in [0.717, 1.165) is 19.3 Å². The van der Waals surface area contributed by atoms with Crippen molar-refractivity contribution in [1.82, 2.24) is 0 Å². The number of hydrogen-bond acceptors (Lipinski definition) is 0. The minimum absolute atomic E-state index is 0.123. The third-order valence-electron chi connectivity index (χ3n) is 4.04. The maximum Gasteiger partial charge on any atom is 0.0159 e. The summed E-state index contributed by atoms with van der Waals surface area (Å²) < 4.78 is 0. The summed E-state index contributed by atoms with van der Waals surface area (Å²) in [5.74, 6) is 0.667. The van der Waals surface area contributed by atoms with Crippen LogP contribution < -0.4 is 0 Å². The fraction of sp³-hybridized carbons (Fsp3) is 0.565. The Morgan fingerprint density at radius 2 is 1.87 bits per heavy atom. The van der Waals surface area contributed by atoms with E-state index in [2.05, 4.69) is 58.2 Å². The second-order valence-electron chi connectivity index (χ2n) is 5.81. The monoisotopic (exact) mass is 316 g/mol. The lowest BCUT2D eigenvalue weighted by molar-refractivity contribution is 0.323. The third kappa shape index (κ3) is 7.68. The van der Waals surface area contributed by atoms with Gasteiger partial charge in [0.05, 0.1) is 0 Å². The van der Waals surface area contributed by atoms with Gasteiger partial charge >= 0.3 is 0 Å². The van der Waals surface area contributed by atoms with Crippen molar-refractivity contribution in [1.29, 1.82) is 0 Å². The highest BCUT2D eigenvalue weighted by Gasteiger charge is 2.34. The second-order valence-corrected chi connectivity index (χ2v) is 5.81. The maximum atomic E-state index is 4.36. The van der Waals surface area contributed by atoms with Crippen LogP contribution in [0.2, 0.25) is 0 Å². The predicted octanol–water partition coefficient (Wildman–Crippen LogP) is 8.06. The summed E-state index contributed by atoms with van der Waals surface area (Å²) in [6.45, 7) is 23.0. The molecule has 0 spiro atoms. The fourth-order valence-electron chi connectivity index (χ4n) is 3.11. The van der Waals surface area contributed by atoms with Gasteiger partial charge in [-0.1, -0.05) is 104 Å². The van der Waals surface area contributed by atoms with Crippen LogP contribution in [0.15, 0.2) is 60.8 Å². The first-order chi connectivity index (χ1) is 11.1. The average molecular weight is 317 g/mol. The van der Waals surface area contributed by atoms with E-state index in [1.54, 1.807) is 5.57 Å². The number of allylic oxidation sites excluding steroid dienone is 8. The highest BCUT2D eigenvalue weighted by atomic mass is 14.4. The standard InChI is InChI=1S/C19H28.2C2H6/c1-6-8-12-17(5)19(7-2,15-16(3)4)18-13-10-9-11-14-18;2*1-2/h6,8-10,12-13,16H,1,5,7,11,14-15H2,2-4H3;2*1-2H3/b12-8-;;. The Morgan fingerprint density at radius 3 is 2.26 bits per heavy atom. The van der Waals surface area contributed by atoms with Crippen molar-refractivity contribution in [3.8, 4) is 0 Å². The topological polar surface area (TPSA) is 0 Å². The molecule has 0 fully saturated rings. The van der Waals surface area contributed by atoms with E-state index in [4.69, 9.17) is 0 Å². The first-order valence-corrected chi connectivity index (χ1v) is 9.41. The Bertz CT molecular complexity index is 404. The lowest BCUT2D eigenvalue weighted by Crippen LogP contribution is -2.27. The van der Waals surface area contributed by atoms with Gasteiger partial charge in [-0.15, -0.1) is 0 Å². The molecule has 132 valence electrons. The third-order valence-corrected chi connectivity index (χ3v) is 4.04. The summed E-state index contributed by atoms with van der Waals surface area (Å²) in [6, 6.07) is 0. The van der Waals surface area contributed by atoms with Crippen LogP contribution in [-0.4, -0.2) is 0 Å². The normalized spacial score (nSPS) is 15.7. The van der Waals surface area contributed by atoms with Crippen molar-refractivity contribution in [3.05, 3.63) is 60.8 Å². The molecule has 1 unspecified atom stereocenters. The molecular weight excluding hydrogens is 276 g/mol. The first-order valence-electron chi connectivity index (χ1n) is 9.41. The van der Waals surface area contributed by atoms with Crippen molar-refractivity contribution in [3.63, 3.8) is 0 Å². The summed E-state index contributed by atoms with van der Waals surface area (Å²) in [7, 11) is 0. The van der Waals surface area contributed by atoms with Gasteiger partial charge in [0, 0.05) is 5.41 Å². The molecule has 0 bridgehead atoms. The molecule has 1 aliphatic rings. The molecule has 0 nitrogen and oxygen atoms in total. The van der Waals surface area contributed by atoms with Crippen LogP contribution in [0.25, 0.3) is 0 Å². The zero-order chi connectivity index (χ0) is 18.3. The van der Waals surface area contributed by atoms with E-state index < -0.39 is 0 Å². The largest absolute Gasteiger partial charge is 0.0991 e. The molecule has 1 aliphatic carbocycles. The summed E-state index contributed by atoms with van der Waals surface area (Å²) in [4.78, 5) is 0. The highest BCUT2D eigenvalue weighted by Crippen LogP contribution is 2.47. The quantitative estimate of drug-likeness (QED) is 0.417. The molecule has 0 saturated carbocycles. The van der Waals surface area contributed by atoms with Gasteiger partial charge in [-0.3, -0.25) is 0 Å². The minimum atomic E-state index is 0.123. The van der Waals surface area contributed by atoms with Gasteiger partial charge < -0.3 is 0 Å². The summed E-state index contributed by atoms with van der Waals surface area (Å²) >= 11 is 0. The Labute approximate surface area is 146 Å². The molecule has 0 radical (unpaired) electrons. The fourth-order valence-corrected chi connectivity index (χ4v) is 3.11. The van der Waals surface area contributed by atoms with E-state index in [0.29, 0.717) is 5.92 Å². The van der Waals surface area contributed by atoms with Crippen molar-refractivity contribution < 1.29 is 0 Å². The van der Waals surface area contributed by atoms with Gasteiger partial charge in [0.15, 0.2) is 0 Å². The molecule has 0 aliphatic heterocycles. The van der Waals surface area contributed by atoms with E-state index in [9.17, 15) is 0 Å². The summed E-state index contributed by atoms with van der Waals surface area (Å²) in [5, 5.41) is 0. The molecular formula is C23H40. The Kier molecular flexibility index (Phi) is 14.9. The van der Waals surface area contributed by atoms with Crippen LogP contribution in [0.1, 0.15) is 74.1 Å². The summed E-state index contributed by atoms with van der Waals surface area (Å²) in [6.07, 6.45) is 17.3. The Balaban J connectivity index is 0. The summed E-state index contributed by atoms with van der Waals surface area (Å²) in [5.41, 5.74) is 2.90. The van der Waals surface area contributed by atoms with Crippen molar-refractivity contribution in [2.75, 3.05) is 0 Å². The second kappa shape index (κ2) is 14.3. The molecule has 0 heteroatoms. The van der Waals surface area contributed by atoms with E-state index in [1.807, 2.05) is 39.8 Å². The SMILES string of the molecule is C=C/C=C\C(=C)C(CC)(CC(C)C)C1=CC=CCC1.CC.CC. The zero-order valence-corrected chi connectivity index (χ0v) is 16.8. The maximum absolute atomic E-state index is 4.36. The van der Waals surface area contributed by atoms with Gasteiger partial charge in [0.2, 0.25) is 0 Å². The molecule has 1 atom stereocenters. The molecule has 0 heterocycles. The first kappa shape index (κ1) is 24.0. The van der Waals surface area contributed by atoms with E-state index in [1.165, 1.54) is 12.0 Å². The zero-order valence-electron chi connectivity index (χ0n) is 16.8. The number of rotatable bonds is 7. The van der Waals surface area contributed by atoms with Gasteiger partial charge in [-0.25, -0.2) is 0 Å². The van der Waals surface area contributed by atoms with Crippen LogP contribution in [0.5, 0.6) is 0 Å².